The number of carbonyl (C=O) groups is 1. The molecule has 3 aromatic rings. The van der Waals surface area contributed by atoms with E-state index in [0.29, 0.717) is 6.54 Å². The number of pyridine rings is 1. The van der Waals surface area contributed by atoms with Gasteiger partial charge in [-0.05, 0) is 23.8 Å². The standard InChI is InChI=1S/C24H26N4O/c29-24(26-23-12-5-4-11-22(23)20-8-2-1-3-9-20)19-28-16-14-27(15-17-28)18-21-10-6-7-13-25-21/h1-13H,14-19H2,(H,26,29). The Bertz CT molecular complexity index is 922. The summed E-state index contributed by atoms with van der Waals surface area (Å²) in [6.45, 7) is 4.96. The van der Waals surface area contributed by atoms with Crippen LogP contribution in [0.25, 0.3) is 11.1 Å². The first kappa shape index (κ1) is 19.3. The molecule has 0 bridgehead atoms. The van der Waals surface area contributed by atoms with Crippen LogP contribution in [0.2, 0.25) is 0 Å². The molecule has 0 spiro atoms. The van der Waals surface area contributed by atoms with Gasteiger partial charge in [0.25, 0.3) is 0 Å². The molecule has 0 saturated carbocycles. The van der Waals surface area contributed by atoms with Crippen LogP contribution >= 0.6 is 0 Å². The number of para-hydroxylation sites is 1. The maximum atomic E-state index is 12.7. The van der Waals surface area contributed by atoms with Gasteiger partial charge in [-0.1, -0.05) is 54.6 Å². The van der Waals surface area contributed by atoms with Crippen molar-refractivity contribution in [3.63, 3.8) is 0 Å². The van der Waals surface area contributed by atoms with E-state index in [-0.39, 0.29) is 5.91 Å². The second-order valence-corrected chi connectivity index (χ2v) is 7.33. The van der Waals surface area contributed by atoms with Crippen molar-refractivity contribution in [1.82, 2.24) is 14.8 Å². The van der Waals surface area contributed by atoms with E-state index in [4.69, 9.17) is 0 Å². The monoisotopic (exact) mass is 386 g/mol. The zero-order valence-corrected chi connectivity index (χ0v) is 16.5. The second kappa shape index (κ2) is 9.45. The molecule has 1 amide bonds. The van der Waals surface area contributed by atoms with E-state index in [2.05, 4.69) is 38.3 Å². The van der Waals surface area contributed by atoms with Crippen LogP contribution in [0.3, 0.4) is 0 Å². The molecule has 29 heavy (non-hydrogen) atoms. The zero-order chi connectivity index (χ0) is 19.9. The van der Waals surface area contributed by atoms with Gasteiger partial charge in [0.05, 0.1) is 12.2 Å². The minimum absolute atomic E-state index is 0.0338. The summed E-state index contributed by atoms with van der Waals surface area (Å²) in [6, 6.07) is 24.1. The molecule has 0 radical (unpaired) electrons. The summed E-state index contributed by atoms with van der Waals surface area (Å²) >= 11 is 0. The Labute approximate surface area is 172 Å². The van der Waals surface area contributed by atoms with E-state index < -0.39 is 0 Å². The van der Waals surface area contributed by atoms with Crippen LogP contribution in [0.1, 0.15) is 5.69 Å². The summed E-state index contributed by atoms with van der Waals surface area (Å²) in [7, 11) is 0. The van der Waals surface area contributed by atoms with Crippen LogP contribution in [-0.2, 0) is 11.3 Å². The number of amides is 1. The lowest BCUT2D eigenvalue weighted by Gasteiger charge is -2.34. The number of benzene rings is 2. The molecule has 2 heterocycles. The average Bonchev–Trinajstić information content (AvgIpc) is 2.77. The molecule has 1 aliphatic heterocycles. The number of carbonyl (C=O) groups excluding carboxylic acids is 1. The van der Waals surface area contributed by atoms with Crippen molar-refractivity contribution in [3.8, 4) is 11.1 Å². The van der Waals surface area contributed by atoms with Gasteiger partial charge < -0.3 is 5.32 Å². The van der Waals surface area contributed by atoms with Gasteiger partial charge in [-0.3, -0.25) is 19.6 Å². The van der Waals surface area contributed by atoms with Crippen LogP contribution in [0.4, 0.5) is 5.69 Å². The summed E-state index contributed by atoms with van der Waals surface area (Å²) < 4.78 is 0. The predicted octanol–water partition coefficient (Wildman–Crippen LogP) is 3.50. The molecule has 1 saturated heterocycles. The number of aromatic nitrogens is 1. The Morgan fingerprint density at radius 3 is 2.28 bits per heavy atom. The van der Waals surface area contributed by atoms with Crippen LogP contribution in [0.15, 0.2) is 79.0 Å². The Morgan fingerprint density at radius 2 is 1.52 bits per heavy atom. The summed E-state index contributed by atoms with van der Waals surface area (Å²) in [4.78, 5) is 21.7. The maximum Gasteiger partial charge on any atom is 0.238 e. The third-order valence-corrected chi connectivity index (χ3v) is 5.23. The Morgan fingerprint density at radius 1 is 0.828 bits per heavy atom. The Kier molecular flexibility index (Phi) is 6.29. The van der Waals surface area contributed by atoms with Crippen molar-refractivity contribution < 1.29 is 4.79 Å². The average molecular weight is 386 g/mol. The molecule has 1 aromatic heterocycles. The van der Waals surface area contributed by atoms with Crippen LogP contribution < -0.4 is 5.32 Å². The molecule has 5 nitrogen and oxygen atoms in total. The lowest BCUT2D eigenvalue weighted by Crippen LogP contribution is -2.48. The van der Waals surface area contributed by atoms with Crippen molar-refractivity contribution in [1.29, 1.82) is 0 Å². The molecular formula is C24H26N4O. The van der Waals surface area contributed by atoms with Gasteiger partial charge in [0, 0.05) is 50.2 Å². The summed E-state index contributed by atoms with van der Waals surface area (Å²) in [6.07, 6.45) is 1.84. The lowest BCUT2D eigenvalue weighted by atomic mass is 10.0. The van der Waals surface area contributed by atoms with Crippen molar-refractivity contribution >= 4 is 11.6 Å². The number of nitrogens with one attached hydrogen (secondary N) is 1. The van der Waals surface area contributed by atoms with E-state index in [1.165, 1.54) is 0 Å². The largest absolute Gasteiger partial charge is 0.324 e. The molecule has 5 heteroatoms. The molecule has 1 N–H and O–H groups in total. The smallest absolute Gasteiger partial charge is 0.238 e. The molecule has 1 fully saturated rings. The SMILES string of the molecule is O=C(CN1CCN(Cc2ccccn2)CC1)Nc1ccccc1-c1ccccc1. The molecule has 0 unspecified atom stereocenters. The number of piperazine rings is 1. The number of hydrogen-bond donors (Lipinski definition) is 1. The molecular weight excluding hydrogens is 360 g/mol. The van der Waals surface area contributed by atoms with Crippen molar-refractivity contribution in [2.45, 2.75) is 6.54 Å². The van der Waals surface area contributed by atoms with E-state index in [1.807, 2.05) is 60.8 Å². The van der Waals surface area contributed by atoms with Crippen LogP contribution in [0, 0.1) is 0 Å². The first-order chi connectivity index (χ1) is 14.3. The highest BCUT2D eigenvalue weighted by Gasteiger charge is 2.19. The topological polar surface area (TPSA) is 48.5 Å². The Hall–Kier alpha value is -3.02. The summed E-state index contributed by atoms with van der Waals surface area (Å²) in [5.41, 5.74) is 4.10. The molecule has 0 atom stereocenters. The summed E-state index contributed by atoms with van der Waals surface area (Å²) in [5, 5.41) is 3.10. The predicted molar refractivity (Wildman–Crippen MR) is 116 cm³/mol. The minimum atomic E-state index is 0.0338. The maximum absolute atomic E-state index is 12.7. The zero-order valence-electron chi connectivity index (χ0n) is 16.5. The highest BCUT2D eigenvalue weighted by molar-refractivity contribution is 5.96. The second-order valence-electron chi connectivity index (χ2n) is 7.33. The highest BCUT2D eigenvalue weighted by atomic mass is 16.2. The van der Waals surface area contributed by atoms with Gasteiger partial charge in [0.15, 0.2) is 0 Å². The fraction of sp³-hybridized carbons (Fsp3) is 0.250. The van der Waals surface area contributed by atoms with Gasteiger partial charge in [0.1, 0.15) is 0 Å². The number of anilines is 1. The van der Waals surface area contributed by atoms with Gasteiger partial charge in [-0.15, -0.1) is 0 Å². The fourth-order valence-corrected chi connectivity index (χ4v) is 3.68. The van der Waals surface area contributed by atoms with Gasteiger partial charge in [0.2, 0.25) is 5.91 Å². The van der Waals surface area contributed by atoms with E-state index in [9.17, 15) is 4.79 Å². The third-order valence-electron chi connectivity index (χ3n) is 5.23. The van der Waals surface area contributed by atoms with Gasteiger partial charge in [-0.2, -0.15) is 0 Å². The van der Waals surface area contributed by atoms with Crippen molar-refractivity contribution in [2.75, 3.05) is 38.0 Å². The van der Waals surface area contributed by atoms with Gasteiger partial charge in [-0.25, -0.2) is 0 Å². The number of nitrogens with zero attached hydrogens (tertiary/aromatic N) is 3. The molecule has 2 aromatic carbocycles. The first-order valence-corrected chi connectivity index (χ1v) is 10.1. The molecule has 0 aliphatic carbocycles. The van der Waals surface area contributed by atoms with Crippen molar-refractivity contribution in [2.24, 2.45) is 0 Å². The summed E-state index contributed by atoms with van der Waals surface area (Å²) in [5.74, 6) is 0.0338. The highest BCUT2D eigenvalue weighted by Crippen LogP contribution is 2.27. The van der Waals surface area contributed by atoms with E-state index >= 15 is 0 Å². The number of rotatable bonds is 6. The normalized spacial score (nSPS) is 15.2. The molecule has 4 rings (SSSR count). The molecule has 148 valence electrons. The van der Waals surface area contributed by atoms with Crippen LogP contribution in [-0.4, -0.2) is 53.4 Å². The first-order valence-electron chi connectivity index (χ1n) is 10.1. The van der Waals surface area contributed by atoms with E-state index in [1.54, 1.807) is 0 Å². The van der Waals surface area contributed by atoms with Crippen molar-refractivity contribution in [3.05, 3.63) is 84.7 Å². The van der Waals surface area contributed by atoms with Crippen LogP contribution in [0.5, 0.6) is 0 Å². The molecule has 1 aliphatic rings. The number of hydrogen-bond acceptors (Lipinski definition) is 4. The van der Waals surface area contributed by atoms with Gasteiger partial charge >= 0.3 is 0 Å². The minimum Gasteiger partial charge on any atom is -0.324 e. The van der Waals surface area contributed by atoms with E-state index in [0.717, 1.165) is 55.2 Å². The Balaban J connectivity index is 1.30. The quantitative estimate of drug-likeness (QED) is 0.704. The third kappa shape index (κ3) is 5.28. The lowest BCUT2D eigenvalue weighted by molar-refractivity contribution is -0.117. The fourth-order valence-electron chi connectivity index (χ4n) is 3.68.